The summed E-state index contributed by atoms with van der Waals surface area (Å²) in [5, 5.41) is 10.2. The van der Waals surface area contributed by atoms with Crippen LogP contribution in [0.4, 0.5) is 5.69 Å². The van der Waals surface area contributed by atoms with Crippen molar-refractivity contribution in [3.63, 3.8) is 0 Å². The quantitative estimate of drug-likeness (QED) is 0.611. The minimum absolute atomic E-state index is 0.340. The predicted molar refractivity (Wildman–Crippen MR) is 68.1 cm³/mol. The Kier molecular flexibility index (Phi) is 4.33. The van der Waals surface area contributed by atoms with E-state index in [9.17, 15) is 5.11 Å². The average molecular weight is 225 g/mol. The van der Waals surface area contributed by atoms with E-state index in [0.29, 0.717) is 22.6 Å². The van der Waals surface area contributed by atoms with Crippen molar-refractivity contribution in [1.29, 1.82) is 0 Å². The number of rotatable bonds is 4. The number of thioether (sulfide) groups is 1. The van der Waals surface area contributed by atoms with Crippen LogP contribution in [0.5, 0.6) is 5.75 Å². The Bertz CT molecular complexity index is 325. The molecule has 2 nitrogen and oxygen atoms in total. The highest BCUT2D eigenvalue weighted by Crippen LogP contribution is 2.28. The fourth-order valence-electron chi connectivity index (χ4n) is 1.13. The second-order valence-electron chi connectivity index (χ2n) is 4.15. The van der Waals surface area contributed by atoms with Crippen LogP contribution in [-0.2, 0) is 5.75 Å². The van der Waals surface area contributed by atoms with E-state index in [0.717, 1.165) is 11.3 Å². The van der Waals surface area contributed by atoms with Crippen LogP contribution < -0.4 is 5.73 Å². The topological polar surface area (TPSA) is 46.2 Å². The van der Waals surface area contributed by atoms with Crippen molar-refractivity contribution >= 4 is 17.4 Å². The molecule has 0 heterocycles. The van der Waals surface area contributed by atoms with Gasteiger partial charge in [0, 0.05) is 22.3 Å². The van der Waals surface area contributed by atoms with Crippen molar-refractivity contribution in [1.82, 2.24) is 0 Å². The average Bonchev–Trinajstić information content (AvgIpc) is 2.18. The molecule has 1 rings (SSSR count). The van der Waals surface area contributed by atoms with Crippen LogP contribution in [0.15, 0.2) is 18.2 Å². The van der Waals surface area contributed by atoms with Crippen molar-refractivity contribution in [2.75, 3.05) is 5.73 Å². The van der Waals surface area contributed by atoms with E-state index in [1.54, 1.807) is 12.1 Å². The maximum atomic E-state index is 9.62. The van der Waals surface area contributed by atoms with Crippen LogP contribution >= 0.6 is 11.8 Å². The molecular formula is C12H19NOS. The molecule has 0 saturated carbocycles. The molecule has 0 radical (unpaired) electrons. The van der Waals surface area contributed by atoms with Gasteiger partial charge in [0.2, 0.25) is 0 Å². The van der Waals surface area contributed by atoms with Crippen LogP contribution in [0.1, 0.15) is 26.3 Å². The van der Waals surface area contributed by atoms with E-state index in [1.165, 1.54) is 0 Å². The first kappa shape index (κ1) is 12.2. The van der Waals surface area contributed by atoms with E-state index in [-0.39, 0.29) is 0 Å². The second kappa shape index (κ2) is 5.31. The van der Waals surface area contributed by atoms with Crippen molar-refractivity contribution in [3.8, 4) is 5.75 Å². The third-order valence-corrected chi connectivity index (χ3v) is 4.09. The number of nitrogens with two attached hydrogens (primary N) is 1. The Hall–Kier alpha value is -0.830. The minimum Gasteiger partial charge on any atom is -0.508 e. The summed E-state index contributed by atoms with van der Waals surface area (Å²) < 4.78 is 0. The number of hydrogen-bond acceptors (Lipinski definition) is 3. The van der Waals surface area contributed by atoms with Gasteiger partial charge in [-0.3, -0.25) is 0 Å². The molecule has 0 fully saturated rings. The molecule has 3 heteroatoms. The molecule has 0 bridgehead atoms. The van der Waals surface area contributed by atoms with Crippen molar-refractivity contribution in [2.45, 2.75) is 31.8 Å². The monoisotopic (exact) mass is 225 g/mol. The SMILES string of the molecule is CC(C)C(C)SCc1cc(N)ccc1O. The lowest BCUT2D eigenvalue weighted by atomic mass is 10.2. The first-order valence-corrected chi connectivity index (χ1v) is 6.24. The first-order chi connectivity index (χ1) is 7.00. The van der Waals surface area contributed by atoms with E-state index in [1.807, 2.05) is 17.8 Å². The molecular weight excluding hydrogens is 206 g/mol. The van der Waals surface area contributed by atoms with E-state index in [2.05, 4.69) is 20.8 Å². The molecule has 1 aromatic carbocycles. The van der Waals surface area contributed by atoms with Gasteiger partial charge in [-0.1, -0.05) is 20.8 Å². The third kappa shape index (κ3) is 3.67. The Morgan fingerprint density at radius 3 is 2.60 bits per heavy atom. The number of benzene rings is 1. The Labute approximate surface area is 95.9 Å². The molecule has 0 saturated heterocycles. The van der Waals surface area contributed by atoms with Gasteiger partial charge in [0.05, 0.1) is 0 Å². The zero-order valence-electron chi connectivity index (χ0n) is 9.53. The van der Waals surface area contributed by atoms with Crippen molar-refractivity contribution in [2.24, 2.45) is 5.92 Å². The summed E-state index contributed by atoms with van der Waals surface area (Å²) in [7, 11) is 0. The molecule has 1 unspecified atom stereocenters. The number of aromatic hydroxyl groups is 1. The molecule has 0 aliphatic rings. The summed E-state index contributed by atoms with van der Waals surface area (Å²) in [6.45, 7) is 6.62. The molecule has 1 atom stereocenters. The fraction of sp³-hybridized carbons (Fsp3) is 0.500. The molecule has 0 aliphatic carbocycles. The molecule has 0 spiro atoms. The van der Waals surface area contributed by atoms with Gasteiger partial charge in [-0.05, 0) is 24.1 Å². The van der Waals surface area contributed by atoms with Gasteiger partial charge in [-0.25, -0.2) is 0 Å². The van der Waals surface area contributed by atoms with Gasteiger partial charge in [0.1, 0.15) is 5.75 Å². The fourth-order valence-corrected chi connectivity index (χ4v) is 2.19. The summed E-state index contributed by atoms with van der Waals surface area (Å²) in [4.78, 5) is 0. The molecule has 15 heavy (non-hydrogen) atoms. The lowest BCUT2D eigenvalue weighted by molar-refractivity contribution is 0.470. The molecule has 3 N–H and O–H groups in total. The Balaban J connectivity index is 2.61. The highest BCUT2D eigenvalue weighted by Gasteiger charge is 2.09. The maximum absolute atomic E-state index is 9.62. The predicted octanol–water partition coefficient (Wildman–Crippen LogP) is 3.25. The van der Waals surface area contributed by atoms with Crippen LogP contribution in [0.3, 0.4) is 0 Å². The van der Waals surface area contributed by atoms with Gasteiger partial charge in [-0.15, -0.1) is 0 Å². The lowest BCUT2D eigenvalue weighted by Crippen LogP contribution is -2.05. The smallest absolute Gasteiger partial charge is 0.119 e. The largest absolute Gasteiger partial charge is 0.508 e. The Morgan fingerprint density at radius 2 is 2.00 bits per heavy atom. The highest BCUT2D eigenvalue weighted by molar-refractivity contribution is 7.99. The van der Waals surface area contributed by atoms with Crippen molar-refractivity contribution < 1.29 is 5.11 Å². The van der Waals surface area contributed by atoms with E-state index >= 15 is 0 Å². The first-order valence-electron chi connectivity index (χ1n) is 5.19. The standard InChI is InChI=1S/C12H19NOS/c1-8(2)9(3)15-7-10-6-11(13)4-5-12(10)14/h4-6,8-9,14H,7,13H2,1-3H3. The molecule has 0 amide bonds. The maximum Gasteiger partial charge on any atom is 0.119 e. The summed E-state index contributed by atoms with van der Waals surface area (Å²) in [6.07, 6.45) is 0. The molecule has 0 aliphatic heterocycles. The van der Waals surface area contributed by atoms with Gasteiger partial charge in [-0.2, -0.15) is 11.8 Å². The van der Waals surface area contributed by atoms with Gasteiger partial charge in [0.25, 0.3) is 0 Å². The number of hydrogen-bond donors (Lipinski definition) is 2. The van der Waals surface area contributed by atoms with E-state index in [4.69, 9.17) is 5.73 Å². The van der Waals surface area contributed by atoms with Gasteiger partial charge >= 0.3 is 0 Å². The van der Waals surface area contributed by atoms with Crippen LogP contribution in [0.2, 0.25) is 0 Å². The van der Waals surface area contributed by atoms with E-state index < -0.39 is 0 Å². The summed E-state index contributed by atoms with van der Waals surface area (Å²) in [5.41, 5.74) is 7.31. The Morgan fingerprint density at radius 1 is 1.33 bits per heavy atom. The van der Waals surface area contributed by atoms with Crippen LogP contribution in [-0.4, -0.2) is 10.4 Å². The highest BCUT2D eigenvalue weighted by atomic mass is 32.2. The number of nitrogen functional groups attached to an aromatic ring is 1. The summed E-state index contributed by atoms with van der Waals surface area (Å²) in [6, 6.07) is 5.22. The summed E-state index contributed by atoms with van der Waals surface area (Å²) in [5.74, 6) is 1.81. The number of anilines is 1. The van der Waals surface area contributed by atoms with Gasteiger partial charge in [0.15, 0.2) is 0 Å². The van der Waals surface area contributed by atoms with Gasteiger partial charge < -0.3 is 10.8 Å². The minimum atomic E-state index is 0.340. The second-order valence-corrected chi connectivity index (χ2v) is 5.51. The van der Waals surface area contributed by atoms with Crippen molar-refractivity contribution in [3.05, 3.63) is 23.8 Å². The zero-order chi connectivity index (χ0) is 11.4. The lowest BCUT2D eigenvalue weighted by Gasteiger charge is -2.15. The summed E-state index contributed by atoms with van der Waals surface area (Å²) >= 11 is 1.84. The van der Waals surface area contributed by atoms with Crippen LogP contribution in [0.25, 0.3) is 0 Å². The molecule has 84 valence electrons. The number of phenols is 1. The zero-order valence-corrected chi connectivity index (χ0v) is 10.3. The normalized spacial score (nSPS) is 13.1. The van der Waals surface area contributed by atoms with Crippen LogP contribution in [0, 0.1) is 5.92 Å². The third-order valence-electron chi connectivity index (χ3n) is 2.54. The molecule has 1 aromatic rings. The molecule has 0 aromatic heterocycles. The number of phenolic OH excluding ortho intramolecular Hbond substituents is 1.